The van der Waals surface area contributed by atoms with Crippen LogP contribution in [0.1, 0.15) is 30.8 Å². The van der Waals surface area contributed by atoms with Gasteiger partial charge in [-0.1, -0.05) is 19.9 Å². The van der Waals surface area contributed by atoms with Crippen molar-refractivity contribution < 1.29 is 0 Å². The molecular formula is C15H22N4. The summed E-state index contributed by atoms with van der Waals surface area (Å²) in [6.07, 6.45) is 1.92. The monoisotopic (exact) mass is 258 g/mol. The van der Waals surface area contributed by atoms with Gasteiger partial charge in [-0.15, -0.1) is 0 Å². The van der Waals surface area contributed by atoms with E-state index >= 15 is 0 Å². The summed E-state index contributed by atoms with van der Waals surface area (Å²) in [5.74, 6) is 1.54. The van der Waals surface area contributed by atoms with Crippen LogP contribution in [0.3, 0.4) is 0 Å². The van der Waals surface area contributed by atoms with Gasteiger partial charge in [0.05, 0.1) is 5.69 Å². The molecule has 0 fully saturated rings. The van der Waals surface area contributed by atoms with E-state index < -0.39 is 0 Å². The predicted octanol–water partition coefficient (Wildman–Crippen LogP) is 2.63. The average Bonchev–Trinajstić information content (AvgIpc) is 2.69. The smallest absolute Gasteiger partial charge is 0.153 e. The van der Waals surface area contributed by atoms with Gasteiger partial charge in [0.2, 0.25) is 0 Å². The summed E-state index contributed by atoms with van der Waals surface area (Å²) in [4.78, 5) is 4.48. The summed E-state index contributed by atoms with van der Waals surface area (Å²) in [5, 5.41) is 7.85. The molecule has 0 aliphatic rings. The van der Waals surface area contributed by atoms with Gasteiger partial charge in [0.25, 0.3) is 0 Å². The maximum atomic E-state index is 4.48. The first-order valence-corrected chi connectivity index (χ1v) is 6.75. The maximum absolute atomic E-state index is 4.48. The summed E-state index contributed by atoms with van der Waals surface area (Å²) in [7, 11) is 0. The molecule has 0 aromatic carbocycles. The van der Waals surface area contributed by atoms with E-state index in [1.165, 1.54) is 5.56 Å². The summed E-state index contributed by atoms with van der Waals surface area (Å²) in [5.41, 5.74) is 3.32. The van der Waals surface area contributed by atoms with Gasteiger partial charge in [-0.2, -0.15) is 5.10 Å². The van der Waals surface area contributed by atoms with Crippen LogP contribution in [-0.2, 0) is 6.54 Å². The number of nitrogens with one attached hydrogen (secondary N) is 1. The van der Waals surface area contributed by atoms with E-state index in [-0.39, 0.29) is 0 Å². The quantitative estimate of drug-likeness (QED) is 0.896. The topological polar surface area (TPSA) is 42.7 Å². The molecule has 19 heavy (non-hydrogen) atoms. The molecular weight excluding hydrogens is 236 g/mol. The number of hydrogen-bond donors (Lipinski definition) is 1. The van der Waals surface area contributed by atoms with Gasteiger partial charge in [0.1, 0.15) is 0 Å². The molecule has 0 aliphatic heterocycles. The minimum absolute atomic E-state index is 0.668. The zero-order valence-electron chi connectivity index (χ0n) is 12.1. The third kappa shape index (κ3) is 3.64. The second kappa shape index (κ2) is 5.97. The Morgan fingerprint density at radius 3 is 2.58 bits per heavy atom. The van der Waals surface area contributed by atoms with Crippen molar-refractivity contribution in [1.82, 2.24) is 20.1 Å². The number of rotatable bonds is 5. The van der Waals surface area contributed by atoms with E-state index in [1.807, 2.05) is 30.8 Å². The molecule has 0 saturated carbocycles. The van der Waals surface area contributed by atoms with Crippen molar-refractivity contribution in [3.63, 3.8) is 0 Å². The van der Waals surface area contributed by atoms with Gasteiger partial charge in [-0.05, 0) is 44.0 Å². The normalized spacial score (nSPS) is 11.2. The summed E-state index contributed by atoms with van der Waals surface area (Å²) >= 11 is 0. The Hall–Kier alpha value is -1.68. The van der Waals surface area contributed by atoms with E-state index in [4.69, 9.17) is 0 Å². The van der Waals surface area contributed by atoms with E-state index in [9.17, 15) is 0 Å². The molecule has 4 heteroatoms. The van der Waals surface area contributed by atoms with E-state index in [1.54, 1.807) is 0 Å². The highest BCUT2D eigenvalue weighted by atomic mass is 15.3. The van der Waals surface area contributed by atoms with Gasteiger partial charge in [-0.25, -0.2) is 9.67 Å². The largest absolute Gasteiger partial charge is 0.312 e. The van der Waals surface area contributed by atoms with Crippen LogP contribution in [0.4, 0.5) is 0 Å². The van der Waals surface area contributed by atoms with Crippen molar-refractivity contribution in [1.29, 1.82) is 0 Å². The fourth-order valence-corrected chi connectivity index (χ4v) is 2.01. The molecule has 0 atom stereocenters. The minimum atomic E-state index is 0.668. The van der Waals surface area contributed by atoms with Crippen molar-refractivity contribution in [2.75, 3.05) is 6.54 Å². The third-order valence-electron chi connectivity index (χ3n) is 2.92. The molecule has 2 aromatic heterocycles. The van der Waals surface area contributed by atoms with Crippen molar-refractivity contribution in [3.05, 3.63) is 41.3 Å². The lowest BCUT2D eigenvalue weighted by Gasteiger charge is -2.08. The first-order valence-electron chi connectivity index (χ1n) is 6.75. The summed E-state index contributed by atoms with van der Waals surface area (Å²) in [6, 6.07) is 6.18. The molecule has 0 spiro atoms. The molecule has 102 valence electrons. The average molecular weight is 258 g/mol. The Bertz CT molecular complexity index is 526. The van der Waals surface area contributed by atoms with Gasteiger partial charge in [0, 0.05) is 18.4 Å². The number of aromatic nitrogens is 3. The fourth-order valence-electron chi connectivity index (χ4n) is 2.01. The highest BCUT2D eigenvalue weighted by Crippen LogP contribution is 2.10. The minimum Gasteiger partial charge on any atom is -0.312 e. The molecule has 1 N–H and O–H groups in total. The third-order valence-corrected chi connectivity index (χ3v) is 2.92. The molecule has 0 amide bonds. The first-order chi connectivity index (χ1) is 9.06. The van der Waals surface area contributed by atoms with Gasteiger partial charge in [0.15, 0.2) is 5.82 Å². The van der Waals surface area contributed by atoms with Crippen LogP contribution in [0.2, 0.25) is 0 Å². The van der Waals surface area contributed by atoms with E-state index in [0.29, 0.717) is 5.92 Å². The second-order valence-electron chi connectivity index (χ2n) is 5.39. The number of aryl methyl sites for hydroxylation is 2. The molecule has 0 radical (unpaired) electrons. The van der Waals surface area contributed by atoms with E-state index in [0.717, 1.165) is 30.3 Å². The molecule has 4 nitrogen and oxygen atoms in total. The Morgan fingerprint density at radius 1 is 1.26 bits per heavy atom. The zero-order valence-corrected chi connectivity index (χ0v) is 12.1. The van der Waals surface area contributed by atoms with Crippen LogP contribution < -0.4 is 5.32 Å². The SMILES string of the molecule is Cc1cc(C)n(-c2ccc(CNCC(C)C)cn2)n1. The zero-order chi connectivity index (χ0) is 13.8. The van der Waals surface area contributed by atoms with Crippen molar-refractivity contribution >= 4 is 0 Å². The molecule has 2 heterocycles. The van der Waals surface area contributed by atoms with Crippen LogP contribution in [0.25, 0.3) is 5.82 Å². The fraction of sp³-hybridized carbons (Fsp3) is 0.467. The number of hydrogen-bond acceptors (Lipinski definition) is 3. The standard InChI is InChI=1S/C15H22N4/c1-11(2)8-16-9-14-5-6-15(17-10-14)19-13(4)7-12(3)18-19/h5-7,10-11,16H,8-9H2,1-4H3. The first kappa shape index (κ1) is 13.7. The Labute approximate surface area is 114 Å². The number of nitrogens with zero attached hydrogens (tertiary/aromatic N) is 3. The molecule has 0 unspecified atom stereocenters. The highest BCUT2D eigenvalue weighted by Gasteiger charge is 2.04. The van der Waals surface area contributed by atoms with Crippen molar-refractivity contribution in [3.8, 4) is 5.82 Å². The molecule has 2 aromatic rings. The molecule has 0 saturated heterocycles. The van der Waals surface area contributed by atoms with E-state index in [2.05, 4.69) is 41.4 Å². The molecule has 0 aliphatic carbocycles. The lowest BCUT2D eigenvalue weighted by atomic mass is 10.2. The maximum Gasteiger partial charge on any atom is 0.153 e. The highest BCUT2D eigenvalue weighted by molar-refractivity contribution is 5.27. The van der Waals surface area contributed by atoms with Crippen molar-refractivity contribution in [2.45, 2.75) is 34.2 Å². The van der Waals surface area contributed by atoms with Gasteiger partial charge in [-0.3, -0.25) is 0 Å². The van der Waals surface area contributed by atoms with Gasteiger partial charge < -0.3 is 5.32 Å². The van der Waals surface area contributed by atoms with Crippen LogP contribution in [0.5, 0.6) is 0 Å². The van der Waals surface area contributed by atoms with Gasteiger partial charge >= 0.3 is 0 Å². The Morgan fingerprint density at radius 2 is 2.05 bits per heavy atom. The van der Waals surface area contributed by atoms with Crippen LogP contribution in [-0.4, -0.2) is 21.3 Å². The summed E-state index contributed by atoms with van der Waals surface area (Å²) in [6.45, 7) is 10.3. The van der Waals surface area contributed by atoms with Crippen LogP contribution >= 0.6 is 0 Å². The Balaban J connectivity index is 2.04. The second-order valence-corrected chi connectivity index (χ2v) is 5.39. The Kier molecular flexibility index (Phi) is 4.32. The molecule has 2 rings (SSSR count). The summed E-state index contributed by atoms with van der Waals surface area (Å²) < 4.78 is 1.88. The van der Waals surface area contributed by atoms with Crippen LogP contribution in [0, 0.1) is 19.8 Å². The lowest BCUT2D eigenvalue weighted by Crippen LogP contribution is -2.19. The predicted molar refractivity (Wildman–Crippen MR) is 77.4 cm³/mol. The lowest BCUT2D eigenvalue weighted by molar-refractivity contribution is 0.552. The van der Waals surface area contributed by atoms with Crippen molar-refractivity contribution in [2.24, 2.45) is 5.92 Å². The number of pyridine rings is 1. The van der Waals surface area contributed by atoms with Crippen LogP contribution in [0.15, 0.2) is 24.4 Å². The molecule has 0 bridgehead atoms.